The summed E-state index contributed by atoms with van der Waals surface area (Å²) in [5.74, 6) is 1.16. The first-order valence-corrected chi connectivity index (χ1v) is 7.04. The molecule has 2 aliphatic rings. The smallest absolute Gasteiger partial charge is 0.224 e. The van der Waals surface area contributed by atoms with Crippen LogP contribution in [-0.4, -0.2) is 20.7 Å². The molecule has 1 saturated carbocycles. The Hall–Kier alpha value is -1.39. The van der Waals surface area contributed by atoms with Crippen LogP contribution in [0.4, 0.5) is 0 Å². The van der Waals surface area contributed by atoms with Crippen LogP contribution in [0.2, 0.25) is 0 Å². The van der Waals surface area contributed by atoms with E-state index in [0.29, 0.717) is 0 Å². The molecule has 2 heterocycles. The number of nitrogens with zero attached hydrogens (tertiary/aromatic N) is 3. The Morgan fingerprint density at radius 1 is 1.37 bits per heavy atom. The van der Waals surface area contributed by atoms with Crippen molar-refractivity contribution in [2.24, 2.45) is 16.7 Å². The van der Waals surface area contributed by atoms with Crippen molar-refractivity contribution in [2.45, 2.75) is 53.1 Å². The Labute approximate surface area is 113 Å². The minimum atomic E-state index is 0.0240. The third kappa shape index (κ3) is 1.70. The quantitative estimate of drug-likeness (QED) is 0.885. The summed E-state index contributed by atoms with van der Waals surface area (Å²) in [6.07, 6.45) is 3.57. The summed E-state index contributed by atoms with van der Waals surface area (Å²) in [6.45, 7) is 9.57. The highest BCUT2D eigenvalue weighted by Gasteiger charge is 2.68. The molecule has 1 fully saturated rings. The molecular formula is C14H22N4O. The van der Waals surface area contributed by atoms with E-state index in [9.17, 15) is 4.79 Å². The van der Waals surface area contributed by atoms with Gasteiger partial charge in [-0.3, -0.25) is 4.79 Å². The summed E-state index contributed by atoms with van der Waals surface area (Å²) in [5, 5.41) is 7.36. The van der Waals surface area contributed by atoms with Crippen molar-refractivity contribution in [3.8, 4) is 0 Å². The molecule has 1 aliphatic carbocycles. The van der Waals surface area contributed by atoms with E-state index in [1.807, 2.05) is 4.68 Å². The van der Waals surface area contributed by atoms with Crippen molar-refractivity contribution in [1.29, 1.82) is 0 Å². The van der Waals surface area contributed by atoms with E-state index in [4.69, 9.17) is 0 Å². The second-order valence-corrected chi connectivity index (χ2v) is 6.92. The maximum Gasteiger partial charge on any atom is 0.224 e. The minimum absolute atomic E-state index is 0.0240. The van der Waals surface area contributed by atoms with Crippen LogP contribution in [-0.2, 0) is 11.3 Å². The largest absolute Gasteiger partial charge is 0.346 e. The lowest BCUT2D eigenvalue weighted by molar-refractivity contribution is -0.124. The van der Waals surface area contributed by atoms with Gasteiger partial charge in [-0.15, -0.1) is 0 Å². The van der Waals surface area contributed by atoms with Gasteiger partial charge in [-0.1, -0.05) is 27.7 Å². The molecule has 3 rings (SSSR count). The van der Waals surface area contributed by atoms with E-state index >= 15 is 0 Å². The zero-order valence-corrected chi connectivity index (χ0v) is 12.1. The van der Waals surface area contributed by atoms with Gasteiger partial charge in [0.05, 0.1) is 6.04 Å². The lowest BCUT2D eigenvalue weighted by atomic mass is 10.0. The highest BCUT2D eigenvalue weighted by atomic mass is 16.2. The molecule has 0 saturated heterocycles. The number of amides is 1. The lowest BCUT2D eigenvalue weighted by Gasteiger charge is -2.23. The average molecular weight is 262 g/mol. The number of fused-ring (bicyclic) bond motifs is 1. The molecule has 104 valence electrons. The zero-order valence-electron chi connectivity index (χ0n) is 12.1. The van der Waals surface area contributed by atoms with Gasteiger partial charge in [-0.2, -0.15) is 5.10 Å². The summed E-state index contributed by atoms with van der Waals surface area (Å²) < 4.78 is 1.90. The van der Waals surface area contributed by atoms with Crippen LogP contribution in [0.25, 0.3) is 0 Å². The first-order chi connectivity index (χ1) is 8.85. The van der Waals surface area contributed by atoms with Crippen LogP contribution >= 0.6 is 0 Å². The highest BCUT2D eigenvalue weighted by Crippen LogP contribution is 2.68. The van der Waals surface area contributed by atoms with E-state index in [1.54, 1.807) is 6.33 Å². The minimum Gasteiger partial charge on any atom is -0.346 e. The van der Waals surface area contributed by atoms with Crippen LogP contribution in [0.3, 0.4) is 0 Å². The molecule has 5 nitrogen and oxygen atoms in total. The third-order valence-electron chi connectivity index (χ3n) is 5.42. The molecule has 0 unspecified atom stereocenters. The molecule has 1 amide bonds. The number of hydrogen-bond donors (Lipinski definition) is 1. The fourth-order valence-corrected chi connectivity index (χ4v) is 3.53. The van der Waals surface area contributed by atoms with Gasteiger partial charge >= 0.3 is 0 Å². The Balaban J connectivity index is 1.73. The molecule has 1 aliphatic heterocycles. The molecule has 1 N–H and O–H groups in total. The number of aryl methyl sites for hydroxylation is 1. The molecule has 5 heteroatoms. The summed E-state index contributed by atoms with van der Waals surface area (Å²) >= 11 is 0. The van der Waals surface area contributed by atoms with Crippen molar-refractivity contribution >= 4 is 5.91 Å². The molecule has 1 aromatic heterocycles. The fourth-order valence-electron chi connectivity index (χ4n) is 3.53. The summed E-state index contributed by atoms with van der Waals surface area (Å²) in [7, 11) is 0. The van der Waals surface area contributed by atoms with Crippen molar-refractivity contribution in [3.05, 3.63) is 12.2 Å². The van der Waals surface area contributed by atoms with E-state index in [-0.39, 0.29) is 28.7 Å². The number of carbonyl (C=O) groups excluding carboxylic acids is 1. The maximum atomic E-state index is 12.5. The van der Waals surface area contributed by atoms with Gasteiger partial charge in [0.25, 0.3) is 0 Å². The Morgan fingerprint density at radius 3 is 2.68 bits per heavy atom. The standard InChI is InChI=1S/C14H22N4O/c1-13(2)10(14(13,3)4)12(19)17-9-6-5-7-18-11(9)15-8-16-18/h8-10H,5-7H2,1-4H3,(H,17,19)/t9-/m0/s1. The fraction of sp³-hybridized carbons (Fsp3) is 0.786. The SMILES string of the molecule is CC1(C)C(C(=O)N[C@H]2CCCn3ncnc32)C1(C)C. The number of carbonyl (C=O) groups is 1. The Kier molecular flexibility index (Phi) is 2.53. The monoisotopic (exact) mass is 262 g/mol. The van der Waals surface area contributed by atoms with Gasteiger partial charge < -0.3 is 5.32 Å². The molecular weight excluding hydrogens is 240 g/mol. The van der Waals surface area contributed by atoms with E-state index < -0.39 is 0 Å². The highest BCUT2D eigenvalue weighted by molar-refractivity contribution is 5.84. The Bertz CT molecular complexity index is 503. The molecule has 0 bridgehead atoms. The number of nitrogens with one attached hydrogen (secondary N) is 1. The molecule has 1 atom stereocenters. The lowest BCUT2D eigenvalue weighted by Crippen LogP contribution is -2.35. The van der Waals surface area contributed by atoms with Crippen LogP contribution in [0.1, 0.15) is 52.4 Å². The van der Waals surface area contributed by atoms with Crippen molar-refractivity contribution < 1.29 is 4.79 Å². The topological polar surface area (TPSA) is 59.8 Å². The van der Waals surface area contributed by atoms with Crippen molar-refractivity contribution in [1.82, 2.24) is 20.1 Å². The average Bonchev–Trinajstić information content (AvgIpc) is 2.69. The van der Waals surface area contributed by atoms with Gasteiger partial charge in [0.15, 0.2) is 0 Å². The van der Waals surface area contributed by atoms with Gasteiger partial charge in [-0.05, 0) is 23.7 Å². The van der Waals surface area contributed by atoms with E-state index in [2.05, 4.69) is 43.1 Å². The van der Waals surface area contributed by atoms with Crippen LogP contribution in [0, 0.1) is 16.7 Å². The summed E-state index contributed by atoms with van der Waals surface area (Å²) in [5.41, 5.74) is 0.166. The van der Waals surface area contributed by atoms with E-state index in [1.165, 1.54) is 0 Å². The summed E-state index contributed by atoms with van der Waals surface area (Å²) in [4.78, 5) is 16.7. The summed E-state index contributed by atoms with van der Waals surface area (Å²) in [6, 6.07) is 0.0240. The van der Waals surface area contributed by atoms with E-state index in [0.717, 1.165) is 25.2 Å². The normalized spacial score (nSPS) is 27.7. The molecule has 0 radical (unpaired) electrons. The molecule has 0 spiro atoms. The maximum absolute atomic E-state index is 12.5. The van der Waals surface area contributed by atoms with Gasteiger partial charge in [0, 0.05) is 12.5 Å². The number of hydrogen-bond acceptors (Lipinski definition) is 3. The predicted molar refractivity (Wildman–Crippen MR) is 71.2 cm³/mol. The number of rotatable bonds is 2. The Morgan fingerprint density at radius 2 is 2.05 bits per heavy atom. The first-order valence-electron chi connectivity index (χ1n) is 7.04. The van der Waals surface area contributed by atoms with Crippen LogP contribution < -0.4 is 5.32 Å². The van der Waals surface area contributed by atoms with Crippen LogP contribution in [0.15, 0.2) is 6.33 Å². The predicted octanol–water partition coefficient (Wildman–Crippen LogP) is 1.91. The van der Waals surface area contributed by atoms with Gasteiger partial charge in [0.1, 0.15) is 12.2 Å². The van der Waals surface area contributed by atoms with Gasteiger partial charge in [-0.25, -0.2) is 9.67 Å². The second-order valence-electron chi connectivity index (χ2n) is 6.92. The zero-order chi connectivity index (χ0) is 13.8. The van der Waals surface area contributed by atoms with Crippen molar-refractivity contribution in [3.63, 3.8) is 0 Å². The molecule has 19 heavy (non-hydrogen) atoms. The number of aromatic nitrogens is 3. The first kappa shape index (κ1) is 12.6. The third-order valence-corrected chi connectivity index (χ3v) is 5.42. The van der Waals surface area contributed by atoms with Gasteiger partial charge in [0.2, 0.25) is 5.91 Å². The van der Waals surface area contributed by atoms with Crippen molar-refractivity contribution in [2.75, 3.05) is 0 Å². The molecule has 0 aromatic carbocycles. The second kappa shape index (κ2) is 3.81. The molecule has 1 aromatic rings. The van der Waals surface area contributed by atoms with Crippen LogP contribution in [0.5, 0.6) is 0 Å².